The van der Waals surface area contributed by atoms with Crippen LogP contribution in [0.2, 0.25) is 0 Å². The highest BCUT2D eigenvalue weighted by atomic mass is 16.6. The molecule has 0 aliphatic heterocycles. The Morgan fingerprint density at radius 2 is 2.00 bits per heavy atom. The van der Waals surface area contributed by atoms with Crippen LogP contribution in [-0.4, -0.2) is 10.8 Å². The lowest BCUT2D eigenvalue weighted by Gasteiger charge is -2.03. The lowest BCUT2D eigenvalue weighted by molar-refractivity contribution is -0.384. The summed E-state index contributed by atoms with van der Waals surface area (Å²) in [7, 11) is 0. The number of nitro benzene ring substituents is 1. The highest BCUT2D eigenvalue weighted by Gasteiger charge is 2.04. The van der Waals surface area contributed by atoms with Crippen molar-refractivity contribution in [3.8, 4) is 0 Å². The van der Waals surface area contributed by atoms with Crippen molar-refractivity contribution in [3.05, 3.63) is 81.4 Å². The molecule has 0 saturated heterocycles. The van der Waals surface area contributed by atoms with Gasteiger partial charge in [0.05, 0.1) is 4.92 Å². The first-order valence-corrected chi connectivity index (χ1v) is 6.80. The number of nitrogens with one attached hydrogen (secondary N) is 1. The van der Waals surface area contributed by atoms with Crippen molar-refractivity contribution in [2.24, 2.45) is 0 Å². The van der Waals surface area contributed by atoms with E-state index in [0.29, 0.717) is 12.1 Å². The van der Waals surface area contributed by atoms with Crippen LogP contribution in [0.5, 0.6) is 0 Å². The third-order valence-corrected chi connectivity index (χ3v) is 3.06. The van der Waals surface area contributed by atoms with Crippen LogP contribution in [0.1, 0.15) is 16.7 Å². The van der Waals surface area contributed by atoms with Crippen LogP contribution in [0.15, 0.2) is 54.6 Å². The first-order chi connectivity index (χ1) is 10.5. The number of hydrogen-bond donors (Lipinski definition) is 1. The van der Waals surface area contributed by atoms with Crippen molar-refractivity contribution in [2.45, 2.75) is 13.5 Å². The molecule has 2 aromatic carbocycles. The molecule has 0 aliphatic rings. The van der Waals surface area contributed by atoms with Crippen molar-refractivity contribution in [2.75, 3.05) is 0 Å². The molecule has 0 aliphatic carbocycles. The number of rotatable bonds is 5. The molecule has 5 heteroatoms. The van der Waals surface area contributed by atoms with Crippen molar-refractivity contribution >= 4 is 17.7 Å². The molecular weight excluding hydrogens is 280 g/mol. The third-order valence-electron chi connectivity index (χ3n) is 3.06. The molecule has 0 spiro atoms. The number of carbonyl (C=O) groups is 1. The molecule has 0 atom stereocenters. The Hall–Kier alpha value is -2.95. The average molecular weight is 296 g/mol. The Morgan fingerprint density at radius 1 is 1.23 bits per heavy atom. The molecule has 2 aromatic rings. The van der Waals surface area contributed by atoms with E-state index in [0.717, 1.165) is 11.1 Å². The Balaban J connectivity index is 1.94. The minimum absolute atomic E-state index is 0.00215. The molecule has 0 saturated carbocycles. The van der Waals surface area contributed by atoms with Gasteiger partial charge >= 0.3 is 0 Å². The van der Waals surface area contributed by atoms with Gasteiger partial charge in [0.25, 0.3) is 5.69 Å². The smallest absolute Gasteiger partial charge is 0.270 e. The molecule has 112 valence electrons. The molecule has 22 heavy (non-hydrogen) atoms. The van der Waals surface area contributed by atoms with Crippen molar-refractivity contribution in [1.82, 2.24) is 5.32 Å². The fraction of sp³-hybridized carbons (Fsp3) is 0.118. The van der Waals surface area contributed by atoms with Crippen LogP contribution in [0.3, 0.4) is 0 Å². The van der Waals surface area contributed by atoms with Gasteiger partial charge in [-0.3, -0.25) is 14.9 Å². The Bertz CT molecular complexity index is 723. The average Bonchev–Trinajstić information content (AvgIpc) is 2.51. The third kappa shape index (κ3) is 4.56. The number of hydrogen-bond acceptors (Lipinski definition) is 3. The standard InChI is InChI=1S/C17H16N2O3/c1-13-4-2-6-15(10-13)12-18-17(20)9-8-14-5-3-7-16(11-14)19(21)22/h2-11H,12H2,1H3,(H,18,20). The maximum absolute atomic E-state index is 11.8. The fourth-order valence-electron chi connectivity index (χ4n) is 1.98. The van der Waals surface area contributed by atoms with E-state index in [2.05, 4.69) is 5.32 Å². The lowest BCUT2D eigenvalue weighted by atomic mass is 10.1. The summed E-state index contributed by atoms with van der Waals surface area (Å²) in [6, 6.07) is 14.0. The first kappa shape index (κ1) is 15.4. The number of nitro groups is 1. The van der Waals surface area contributed by atoms with E-state index in [4.69, 9.17) is 0 Å². The second-order valence-electron chi connectivity index (χ2n) is 4.89. The number of carbonyl (C=O) groups excluding carboxylic acids is 1. The minimum atomic E-state index is -0.463. The van der Waals surface area contributed by atoms with Crippen LogP contribution in [0, 0.1) is 17.0 Å². The second kappa shape index (κ2) is 7.17. The Labute approximate surface area is 128 Å². The van der Waals surface area contributed by atoms with Crippen molar-refractivity contribution < 1.29 is 9.72 Å². The molecule has 2 rings (SSSR count). The SMILES string of the molecule is Cc1cccc(CNC(=O)C=Cc2cccc([N+](=O)[O-])c2)c1. The van der Waals surface area contributed by atoms with Crippen LogP contribution in [0.4, 0.5) is 5.69 Å². The quantitative estimate of drug-likeness (QED) is 0.523. The topological polar surface area (TPSA) is 72.2 Å². The van der Waals surface area contributed by atoms with E-state index in [1.54, 1.807) is 18.2 Å². The predicted molar refractivity (Wildman–Crippen MR) is 85.2 cm³/mol. The van der Waals surface area contributed by atoms with Crippen molar-refractivity contribution in [3.63, 3.8) is 0 Å². The van der Waals surface area contributed by atoms with Crippen molar-refractivity contribution in [1.29, 1.82) is 0 Å². The molecule has 0 radical (unpaired) electrons. The molecule has 0 unspecified atom stereocenters. The van der Waals surface area contributed by atoms with Gasteiger partial charge in [0.1, 0.15) is 0 Å². The number of benzene rings is 2. The van der Waals surface area contributed by atoms with Gasteiger partial charge in [-0.25, -0.2) is 0 Å². The monoisotopic (exact) mass is 296 g/mol. The number of non-ortho nitro benzene ring substituents is 1. The zero-order valence-electron chi connectivity index (χ0n) is 12.2. The van der Waals surface area contributed by atoms with Crippen LogP contribution in [0.25, 0.3) is 6.08 Å². The summed E-state index contributed by atoms with van der Waals surface area (Å²) in [5.74, 6) is -0.243. The molecule has 1 amide bonds. The molecule has 0 bridgehead atoms. The first-order valence-electron chi connectivity index (χ1n) is 6.80. The molecule has 1 N–H and O–H groups in total. The van der Waals surface area contributed by atoms with E-state index in [-0.39, 0.29) is 11.6 Å². The highest BCUT2D eigenvalue weighted by molar-refractivity contribution is 5.91. The molecule has 0 fully saturated rings. The van der Waals surface area contributed by atoms with E-state index < -0.39 is 4.92 Å². The van der Waals surface area contributed by atoms with Gasteiger partial charge in [0, 0.05) is 24.8 Å². The Kier molecular flexibility index (Phi) is 5.03. The van der Waals surface area contributed by atoms with Gasteiger partial charge in [-0.05, 0) is 24.1 Å². The summed E-state index contributed by atoms with van der Waals surface area (Å²) < 4.78 is 0. The van der Waals surface area contributed by atoms with Gasteiger partial charge in [-0.2, -0.15) is 0 Å². The van der Waals surface area contributed by atoms with Gasteiger partial charge in [-0.15, -0.1) is 0 Å². The number of aryl methyl sites for hydroxylation is 1. The second-order valence-corrected chi connectivity index (χ2v) is 4.89. The maximum atomic E-state index is 11.8. The zero-order valence-corrected chi connectivity index (χ0v) is 12.2. The summed E-state index contributed by atoms with van der Waals surface area (Å²) in [4.78, 5) is 22.0. The summed E-state index contributed by atoms with van der Waals surface area (Å²) in [6.07, 6.45) is 2.92. The fourth-order valence-corrected chi connectivity index (χ4v) is 1.98. The van der Waals surface area contributed by atoms with E-state index in [1.807, 2.05) is 31.2 Å². The van der Waals surface area contributed by atoms with Gasteiger partial charge in [0.2, 0.25) is 5.91 Å². The molecule has 0 aromatic heterocycles. The van der Waals surface area contributed by atoms with Gasteiger partial charge < -0.3 is 5.32 Å². The van der Waals surface area contributed by atoms with Gasteiger partial charge in [-0.1, -0.05) is 42.0 Å². The van der Waals surface area contributed by atoms with Gasteiger partial charge in [0.15, 0.2) is 0 Å². The summed E-state index contributed by atoms with van der Waals surface area (Å²) >= 11 is 0. The molecule has 0 heterocycles. The largest absolute Gasteiger partial charge is 0.348 e. The molecular formula is C17H16N2O3. The summed E-state index contributed by atoms with van der Waals surface area (Å²) in [5, 5.41) is 13.5. The number of nitrogens with zero attached hydrogens (tertiary/aromatic N) is 1. The van der Waals surface area contributed by atoms with Crippen LogP contribution in [-0.2, 0) is 11.3 Å². The highest BCUT2D eigenvalue weighted by Crippen LogP contribution is 2.14. The van der Waals surface area contributed by atoms with E-state index in [9.17, 15) is 14.9 Å². The number of amides is 1. The summed E-state index contributed by atoms with van der Waals surface area (Å²) in [6.45, 7) is 2.44. The zero-order chi connectivity index (χ0) is 15.9. The van der Waals surface area contributed by atoms with E-state index in [1.165, 1.54) is 18.2 Å². The normalized spacial score (nSPS) is 10.6. The minimum Gasteiger partial charge on any atom is -0.348 e. The maximum Gasteiger partial charge on any atom is 0.270 e. The Morgan fingerprint density at radius 3 is 2.73 bits per heavy atom. The molecule has 5 nitrogen and oxygen atoms in total. The summed E-state index contributed by atoms with van der Waals surface area (Å²) in [5.41, 5.74) is 2.78. The lowest BCUT2D eigenvalue weighted by Crippen LogP contribution is -2.20. The van der Waals surface area contributed by atoms with Crippen LogP contribution < -0.4 is 5.32 Å². The van der Waals surface area contributed by atoms with Crippen LogP contribution >= 0.6 is 0 Å². The van der Waals surface area contributed by atoms with E-state index >= 15 is 0 Å². The predicted octanol–water partition coefficient (Wildman–Crippen LogP) is 3.23.